The molecule has 0 unspecified atom stereocenters. The molecule has 1 atom stereocenters. The van der Waals surface area contributed by atoms with E-state index in [1.165, 1.54) is 7.11 Å². The smallest absolute Gasteiger partial charge is 0.425 e. The molecule has 1 amide bonds. The van der Waals surface area contributed by atoms with Crippen molar-refractivity contribution in [3.05, 3.63) is 12.7 Å². The molecule has 0 fully saturated rings. The molecule has 0 radical (unpaired) electrons. The Bertz CT molecular complexity index is 442. The maximum atomic E-state index is 12.3. The molecule has 0 bridgehead atoms. The summed E-state index contributed by atoms with van der Waals surface area (Å²) in [5, 5.41) is 0. The lowest BCUT2D eigenvalue weighted by molar-refractivity contribution is 0.0357. The first-order valence-corrected chi connectivity index (χ1v) is 8.10. The number of hydrogen-bond acceptors (Lipinski definition) is 5. The molecule has 0 rings (SSSR count). The van der Waals surface area contributed by atoms with Gasteiger partial charge in [0.25, 0.3) is 0 Å². The standard InChI is InChI=1S/C13H26N2O5S/c1-7-8-11(2)14-21(17,18)15(9-10-19-6)12(16)20-13(3,4)5/h7,11,14H,1,8-10H2,2-6H3/t11-/m0/s1. The molecule has 21 heavy (non-hydrogen) atoms. The van der Waals surface area contributed by atoms with Crippen molar-refractivity contribution in [2.75, 3.05) is 20.3 Å². The van der Waals surface area contributed by atoms with Crippen molar-refractivity contribution in [2.45, 2.75) is 45.8 Å². The van der Waals surface area contributed by atoms with Crippen molar-refractivity contribution in [2.24, 2.45) is 0 Å². The third-order valence-electron chi connectivity index (χ3n) is 2.26. The molecule has 0 aliphatic carbocycles. The summed E-state index contributed by atoms with van der Waals surface area (Å²) in [5.74, 6) is 0. The van der Waals surface area contributed by atoms with Crippen LogP contribution >= 0.6 is 0 Å². The number of amides is 1. The maximum Gasteiger partial charge on any atom is 0.425 e. The number of nitrogens with one attached hydrogen (secondary N) is 1. The minimum Gasteiger partial charge on any atom is -0.443 e. The molecule has 0 aromatic heterocycles. The van der Waals surface area contributed by atoms with Crippen LogP contribution in [0.5, 0.6) is 0 Å². The van der Waals surface area contributed by atoms with Gasteiger partial charge in [-0.2, -0.15) is 17.4 Å². The second-order valence-corrected chi connectivity index (χ2v) is 7.22. The lowest BCUT2D eigenvalue weighted by atomic mass is 10.2. The van der Waals surface area contributed by atoms with Crippen LogP contribution < -0.4 is 4.72 Å². The van der Waals surface area contributed by atoms with Gasteiger partial charge in [-0.1, -0.05) is 6.08 Å². The highest BCUT2D eigenvalue weighted by atomic mass is 32.2. The Morgan fingerprint density at radius 3 is 2.43 bits per heavy atom. The molecule has 0 heterocycles. The van der Waals surface area contributed by atoms with Crippen LogP contribution in [0.1, 0.15) is 34.1 Å². The van der Waals surface area contributed by atoms with Crippen molar-refractivity contribution < 1.29 is 22.7 Å². The lowest BCUT2D eigenvalue weighted by Gasteiger charge is -2.27. The third kappa shape index (κ3) is 8.03. The second kappa shape index (κ2) is 8.35. The fourth-order valence-corrected chi connectivity index (χ4v) is 2.69. The Kier molecular flexibility index (Phi) is 7.91. The molecule has 0 aliphatic heterocycles. The molecule has 0 saturated heterocycles. The molecule has 0 saturated carbocycles. The van der Waals surface area contributed by atoms with Crippen molar-refractivity contribution in [1.82, 2.24) is 9.03 Å². The predicted octanol–water partition coefficient (Wildman–Crippen LogP) is 1.67. The van der Waals surface area contributed by atoms with Crippen LogP contribution in [-0.2, 0) is 19.7 Å². The SMILES string of the molecule is C=CC[C@H](C)NS(=O)(=O)N(CCOC)C(=O)OC(C)(C)C. The van der Waals surface area contributed by atoms with Gasteiger partial charge in [0.15, 0.2) is 0 Å². The summed E-state index contributed by atoms with van der Waals surface area (Å²) in [6.07, 6.45) is 1.11. The number of methoxy groups -OCH3 is 1. The van der Waals surface area contributed by atoms with Crippen LogP contribution in [0.25, 0.3) is 0 Å². The van der Waals surface area contributed by atoms with Gasteiger partial charge in [0, 0.05) is 13.2 Å². The summed E-state index contributed by atoms with van der Waals surface area (Å²) in [7, 11) is -2.58. The highest BCUT2D eigenvalue weighted by molar-refractivity contribution is 7.87. The Balaban J connectivity index is 5.11. The monoisotopic (exact) mass is 322 g/mol. The molecular formula is C13H26N2O5S. The van der Waals surface area contributed by atoms with E-state index < -0.39 is 21.9 Å². The predicted molar refractivity (Wildman–Crippen MR) is 81.1 cm³/mol. The largest absolute Gasteiger partial charge is 0.443 e. The van der Waals surface area contributed by atoms with Gasteiger partial charge in [-0.3, -0.25) is 0 Å². The van der Waals surface area contributed by atoms with Gasteiger partial charge < -0.3 is 9.47 Å². The van der Waals surface area contributed by atoms with Gasteiger partial charge in [0.05, 0.1) is 13.2 Å². The van der Waals surface area contributed by atoms with E-state index >= 15 is 0 Å². The Labute approximate surface area is 127 Å². The Hall–Kier alpha value is -1.12. The molecule has 1 N–H and O–H groups in total. The van der Waals surface area contributed by atoms with Crippen LogP contribution in [0.3, 0.4) is 0 Å². The van der Waals surface area contributed by atoms with Gasteiger partial charge in [-0.15, -0.1) is 6.58 Å². The second-order valence-electron chi connectivity index (χ2n) is 5.59. The quantitative estimate of drug-likeness (QED) is 0.687. The van der Waals surface area contributed by atoms with E-state index in [2.05, 4.69) is 11.3 Å². The van der Waals surface area contributed by atoms with Gasteiger partial charge in [-0.05, 0) is 34.1 Å². The minimum atomic E-state index is -4.01. The van der Waals surface area contributed by atoms with Crippen LogP contribution in [0, 0.1) is 0 Å². The number of rotatable bonds is 8. The molecular weight excluding hydrogens is 296 g/mol. The van der Waals surface area contributed by atoms with Crippen molar-refractivity contribution in [1.29, 1.82) is 0 Å². The number of nitrogens with zero attached hydrogens (tertiary/aromatic N) is 1. The summed E-state index contributed by atoms with van der Waals surface area (Å²) >= 11 is 0. The first-order valence-electron chi connectivity index (χ1n) is 6.66. The summed E-state index contributed by atoms with van der Waals surface area (Å²) < 4.78 is 37.5. The summed E-state index contributed by atoms with van der Waals surface area (Å²) in [5.41, 5.74) is -0.787. The van der Waals surface area contributed by atoms with Gasteiger partial charge in [-0.25, -0.2) is 4.79 Å². The number of carbonyl (C=O) groups is 1. The van der Waals surface area contributed by atoms with Gasteiger partial charge >= 0.3 is 16.3 Å². The average Bonchev–Trinajstić information content (AvgIpc) is 2.25. The lowest BCUT2D eigenvalue weighted by Crippen LogP contribution is -2.49. The van der Waals surface area contributed by atoms with E-state index in [0.717, 1.165) is 0 Å². The fraction of sp³-hybridized carbons (Fsp3) is 0.769. The highest BCUT2D eigenvalue weighted by Crippen LogP contribution is 2.12. The molecule has 124 valence electrons. The summed E-state index contributed by atoms with van der Waals surface area (Å²) in [6, 6.07) is -0.375. The summed E-state index contributed by atoms with van der Waals surface area (Å²) in [6.45, 7) is 10.2. The maximum absolute atomic E-state index is 12.3. The topological polar surface area (TPSA) is 84.9 Å². The van der Waals surface area contributed by atoms with E-state index in [-0.39, 0.29) is 19.2 Å². The number of carbonyl (C=O) groups excluding carboxylic acids is 1. The zero-order chi connectivity index (χ0) is 16.7. The van der Waals surface area contributed by atoms with E-state index in [4.69, 9.17) is 9.47 Å². The van der Waals surface area contributed by atoms with Crippen LogP contribution in [0.4, 0.5) is 4.79 Å². The number of ether oxygens (including phenoxy) is 2. The molecule has 0 aromatic rings. The molecule has 7 nitrogen and oxygen atoms in total. The first-order chi connectivity index (χ1) is 9.53. The summed E-state index contributed by atoms with van der Waals surface area (Å²) in [4.78, 5) is 12.1. The molecule has 0 aliphatic rings. The molecule has 0 aromatic carbocycles. The highest BCUT2D eigenvalue weighted by Gasteiger charge is 2.32. The third-order valence-corrected chi connectivity index (χ3v) is 3.87. The normalized spacial score (nSPS) is 13.6. The van der Waals surface area contributed by atoms with Crippen molar-refractivity contribution in [3.8, 4) is 0 Å². The Morgan fingerprint density at radius 1 is 1.43 bits per heavy atom. The van der Waals surface area contributed by atoms with Crippen molar-refractivity contribution >= 4 is 16.3 Å². The number of hydrogen-bond donors (Lipinski definition) is 1. The van der Waals surface area contributed by atoms with Gasteiger partial charge in [0.1, 0.15) is 5.60 Å². The zero-order valence-corrected chi connectivity index (χ0v) is 14.2. The van der Waals surface area contributed by atoms with Crippen molar-refractivity contribution in [3.63, 3.8) is 0 Å². The molecule has 8 heteroatoms. The van der Waals surface area contributed by atoms with Crippen LogP contribution in [0.2, 0.25) is 0 Å². The minimum absolute atomic E-state index is 0.0794. The fourth-order valence-electron chi connectivity index (χ4n) is 1.41. The van der Waals surface area contributed by atoms with E-state index in [1.807, 2.05) is 0 Å². The molecule has 0 spiro atoms. The van der Waals surface area contributed by atoms with Crippen LogP contribution in [-0.4, -0.2) is 50.7 Å². The van der Waals surface area contributed by atoms with Crippen LogP contribution in [0.15, 0.2) is 12.7 Å². The first kappa shape index (κ1) is 19.9. The van der Waals surface area contributed by atoms with E-state index in [9.17, 15) is 13.2 Å². The van der Waals surface area contributed by atoms with E-state index in [1.54, 1.807) is 33.8 Å². The Morgan fingerprint density at radius 2 is 2.00 bits per heavy atom. The van der Waals surface area contributed by atoms with E-state index in [0.29, 0.717) is 10.7 Å². The van der Waals surface area contributed by atoms with Gasteiger partial charge in [0.2, 0.25) is 0 Å². The average molecular weight is 322 g/mol. The zero-order valence-electron chi connectivity index (χ0n) is 13.4.